The second kappa shape index (κ2) is 15.4. The van der Waals surface area contributed by atoms with Gasteiger partial charge in [0.25, 0.3) is 0 Å². The molecule has 7 nitrogen and oxygen atoms in total. The van der Waals surface area contributed by atoms with Crippen LogP contribution in [0, 0.1) is 19.8 Å². The zero-order valence-electron chi connectivity index (χ0n) is 15.4. The van der Waals surface area contributed by atoms with E-state index in [-0.39, 0.29) is 31.3 Å². The third-order valence-electron chi connectivity index (χ3n) is 3.34. The van der Waals surface area contributed by atoms with Crippen LogP contribution < -0.4 is 24.2 Å². The molecule has 0 aliphatic carbocycles. The molecular weight excluding hydrogens is 331 g/mol. The first-order chi connectivity index (χ1) is 11.8. The molecule has 1 aromatic rings. The maximum absolute atomic E-state index is 10.7. The summed E-state index contributed by atoms with van der Waals surface area (Å²) in [5.41, 5.74) is 1.95. The molecule has 0 heterocycles. The summed E-state index contributed by atoms with van der Waals surface area (Å²) in [5, 5.41) is 19.5. The molecule has 0 saturated carbocycles. The number of hydrogen-bond acceptors (Lipinski definition) is 4. The standard InChI is InChI=1S/C12H14NO3.C6H11NO2.Li/c1-9(12(15)16)6-10-2-4-11(5-3-10)7-13-8-14;1-3-7(4-2)5-6(8)9;/h2-5,9H,6-7H2,1H3,(H,13,14)(H,15,16);1-5H2,(H,8,9);/q-1;-2;+1/t9-;;/m0../s1. The summed E-state index contributed by atoms with van der Waals surface area (Å²) in [7, 11) is 0. The van der Waals surface area contributed by atoms with Crippen molar-refractivity contribution < 1.29 is 43.5 Å². The molecule has 8 heteroatoms. The molecule has 0 fully saturated rings. The fourth-order valence-electron chi connectivity index (χ4n) is 1.83. The second-order valence-corrected chi connectivity index (χ2v) is 5.39. The van der Waals surface area contributed by atoms with E-state index in [1.165, 1.54) is 0 Å². The Hall–Kier alpha value is -1.81. The molecule has 140 valence electrons. The van der Waals surface area contributed by atoms with Gasteiger partial charge in [0.2, 0.25) is 0 Å². The molecule has 0 bridgehead atoms. The summed E-state index contributed by atoms with van der Waals surface area (Å²) in [4.78, 5) is 32.3. The first-order valence-electron chi connectivity index (χ1n) is 7.77. The largest absolute Gasteiger partial charge is 1.00 e. The van der Waals surface area contributed by atoms with Crippen LogP contribution in [0.5, 0.6) is 0 Å². The third-order valence-corrected chi connectivity index (χ3v) is 3.34. The van der Waals surface area contributed by atoms with Crippen molar-refractivity contribution in [1.29, 1.82) is 0 Å². The number of nitrogens with zero attached hydrogens (tertiary/aromatic N) is 1. The average molecular weight is 356 g/mol. The SMILES string of the molecule is C[C@@H](Cc1ccc(CN[C-]=O)cc1)C(=O)O.[CH2-]CN(C[CH2-])CC(=O)O.[Li+]. The van der Waals surface area contributed by atoms with Crippen LogP contribution in [0.4, 0.5) is 0 Å². The van der Waals surface area contributed by atoms with Crippen molar-refractivity contribution in [2.24, 2.45) is 5.92 Å². The minimum Gasteiger partial charge on any atom is -0.526 e. The maximum Gasteiger partial charge on any atom is 1.00 e. The zero-order valence-corrected chi connectivity index (χ0v) is 15.4. The summed E-state index contributed by atoms with van der Waals surface area (Å²) in [6.07, 6.45) is 2.12. The van der Waals surface area contributed by atoms with Gasteiger partial charge in [-0.25, -0.2) is 0 Å². The fourth-order valence-corrected chi connectivity index (χ4v) is 1.83. The number of carbonyl (C=O) groups is 2. The van der Waals surface area contributed by atoms with E-state index in [1.807, 2.05) is 24.3 Å². The van der Waals surface area contributed by atoms with Crippen LogP contribution in [0.3, 0.4) is 0 Å². The van der Waals surface area contributed by atoms with Gasteiger partial charge in [-0.2, -0.15) is 6.41 Å². The molecule has 1 aromatic carbocycles. The maximum atomic E-state index is 10.7. The molecule has 3 N–H and O–H groups in total. The second-order valence-electron chi connectivity index (χ2n) is 5.39. The van der Waals surface area contributed by atoms with Gasteiger partial charge in [0.15, 0.2) is 0 Å². The van der Waals surface area contributed by atoms with Crippen molar-refractivity contribution in [3.8, 4) is 0 Å². The number of aliphatic carboxylic acids is 2. The van der Waals surface area contributed by atoms with Gasteiger partial charge in [-0.3, -0.25) is 9.59 Å². The van der Waals surface area contributed by atoms with Crippen molar-refractivity contribution in [1.82, 2.24) is 10.2 Å². The number of amides is 1. The first-order valence-corrected chi connectivity index (χ1v) is 7.77. The third kappa shape index (κ3) is 12.5. The van der Waals surface area contributed by atoms with Crippen LogP contribution in [0.1, 0.15) is 18.1 Å². The van der Waals surface area contributed by atoms with Gasteiger partial charge in [-0.15, -0.1) is 13.1 Å². The molecule has 0 saturated heterocycles. The number of carboxylic acid groups (broad SMARTS) is 2. The van der Waals surface area contributed by atoms with Crippen LogP contribution in [-0.2, 0) is 27.3 Å². The van der Waals surface area contributed by atoms with Crippen molar-refractivity contribution in [2.75, 3.05) is 19.6 Å². The van der Waals surface area contributed by atoms with E-state index in [0.29, 0.717) is 26.1 Å². The monoisotopic (exact) mass is 356 g/mol. The minimum absolute atomic E-state index is 0. The van der Waals surface area contributed by atoms with Gasteiger partial charge in [0.05, 0.1) is 12.5 Å². The van der Waals surface area contributed by atoms with Crippen molar-refractivity contribution in [3.05, 3.63) is 49.2 Å². The number of nitrogens with one attached hydrogen (secondary N) is 1. The van der Waals surface area contributed by atoms with Gasteiger partial charge in [0, 0.05) is 6.54 Å². The summed E-state index contributed by atoms with van der Waals surface area (Å²) in [6, 6.07) is 7.49. The van der Waals surface area contributed by atoms with Crippen LogP contribution in [-0.4, -0.2) is 53.1 Å². The van der Waals surface area contributed by atoms with Crippen molar-refractivity contribution in [2.45, 2.75) is 19.9 Å². The Morgan fingerprint density at radius 1 is 1.15 bits per heavy atom. The van der Waals surface area contributed by atoms with E-state index in [9.17, 15) is 14.4 Å². The van der Waals surface area contributed by atoms with Crippen LogP contribution in [0.2, 0.25) is 0 Å². The Labute approximate surface area is 166 Å². The number of carbonyl (C=O) groups excluding carboxylic acids is 1. The molecule has 26 heavy (non-hydrogen) atoms. The average Bonchev–Trinajstić information content (AvgIpc) is 2.59. The van der Waals surface area contributed by atoms with E-state index in [0.717, 1.165) is 11.1 Å². The summed E-state index contributed by atoms with van der Waals surface area (Å²) < 4.78 is 0. The summed E-state index contributed by atoms with van der Waals surface area (Å²) in [5.74, 6) is -2.00. The molecule has 0 aliphatic heterocycles. The molecular formula is C18H25LiN2O5-2. The molecule has 1 amide bonds. The molecule has 0 radical (unpaired) electrons. The molecule has 0 spiro atoms. The smallest absolute Gasteiger partial charge is 0.526 e. The Kier molecular flexibility index (Phi) is 15.7. The van der Waals surface area contributed by atoms with Gasteiger partial charge < -0.3 is 39.1 Å². The Morgan fingerprint density at radius 2 is 1.65 bits per heavy atom. The van der Waals surface area contributed by atoms with Crippen LogP contribution >= 0.6 is 0 Å². The quantitative estimate of drug-likeness (QED) is 0.258. The molecule has 0 unspecified atom stereocenters. The topological polar surface area (TPSA) is 107 Å². The number of benzene rings is 1. The molecule has 0 aliphatic rings. The first kappa shape index (κ1) is 26.4. The van der Waals surface area contributed by atoms with E-state index in [4.69, 9.17) is 10.2 Å². The molecule has 1 rings (SSSR count). The normalized spacial score (nSPS) is 10.8. The van der Waals surface area contributed by atoms with Gasteiger partial charge in [-0.05, 0) is 17.5 Å². The van der Waals surface area contributed by atoms with E-state index < -0.39 is 11.9 Å². The number of rotatable bonds is 10. The van der Waals surface area contributed by atoms with Gasteiger partial charge in [-0.1, -0.05) is 31.2 Å². The molecule has 0 aromatic heterocycles. The number of hydrogen-bond donors (Lipinski definition) is 3. The van der Waals surface area contributed by atoms with E-state index >= 15 is 0 Å². The van der Waals surface area contributed by atoms with Gasteiger partial charge in [0.1, 0.15) is 0 Å². The number of carboxylic acids is 2. The van der Waals surface area contributed by atoms with E-state index in [1.54, 1.807) is 18.2 Å². The fraction of sp³-hybridized carbons (Fsp3) is 0.389. The summed E-state index contributed by atoms with van der Waals surface area (Å²) in [6.45, 7) is 10.2. The van der Waals surface area contributed by atoms with Crippen molar-refractivity contribution >= 4 is 18.3 Å². The van der Waals surface area contributed by atoms with Crippen LogP contribution in [0.15, 0.2) is 24.3 Å². The Morgan fingerprint density at radius 3 is 2.00 bits per heavy atom. The predicted octanol–water partition coefficient (Wildman–Crippen LogP) is -1.85. The van der Waals surface area contributed by atoms with Crippen LogP contribution in [0.25, 0.3) is 0 Å². The van der Waals surface area contributed by atoms with Crippen molar-refractivity contribution in [3.63, 3.8) is 0 Å². The Balaban J connectivity index is 0. The van der Waals surface area contributed by atoms with E-state index in [2.05, 4.69) is 19.2 Å². The Bertz CT molecular complexity index is 533. The molecule has 1 atom stereocenters. The zero-order chi connectivity index (χ0) is 19.2. The van der Waals surface area contributed by atoms with Gasteiger partial charge >= 0.3 is 30.8 Å². The summed E-state index contributed by atoms with van der Waals surface area (Å²) >= 11 is 0. The minimum atomic E-state index is -0.831. The predicted molar refractivity (Wildman–Crippen MR) is 94.3 cm³/mol.